The molecule has 3 atom stereocenters. The fourth-order valence-corrected chi connectivity index (χ4v) is 2.48. The Hall–Kier alpha value is -0.650. The molecule has 2 fully saturated rings. The van der Waals surface area contributed by atoms with Crippen LogP contribution in [0.4, 0.5) is 0 Å². The summed E-state index contributed by atoms with van der Waals surface area (Å²) in [5.74, 6) is 0.0944. The van der Waals surface area contributed by atoms with Crippen molar-refractivity contribution in [3.63, 3.8) is 0 Å². The Bertz CT molecular complexity index is 271. The predicted octanol–water partition coefficient (Wildman–Crippen LogP) is 0.391. The van der Waals surface area contributed by atoms with Gasteiger partial charge in [0.15, 0.2) is 0 Å². The Morgan fingerprint density at radius 2 is 2.11 bits per heavy atom. The average Bonchev–Trinajstić information content (AvgIpc) is 2.41. The van der Waals surface area contributed by atoms with Gasteiger partial charge in [0, 0.05) is 25.7 Å². The zero-order chi connectivity index (χ0) is 13.0. The van der Waals surface area contributed by atoms with Gasteiger partial charge in [0.25, 0.3) is 5.91 Å². The fourth-order valence-electron chi connectivity index (χ4n) is 2.48. The van der Waals surface area contributed by atoms with E-state index in [0.29, 0.717) is 32.3 Å². The SMILES string of the molecule is CC1CCC(OC(C)C(=O)N2CCOCC2)CN1. The zero-order valence-electron chi connectivity index (χ0n) is 11.4. The number of carbonyl (C=O) groups excluding carboxylic acids is 1. The van der Waals surface area contributed by atoms with Gasteiger partial charge in [0.05, 0.1) is 19.3 Å². The van der Waals surface area contributed by atoms with E-state index in [-0.39, 0.29) is 18.1 Å². The van der Waals surface area contributed by atoms with E-state index in [0.717, 1.165) is 19.4 Å². The summed E-state index contributed by atoms with van der Waals surface area (Å²) >= 11 is 0. The Kier molecular flexibility index (Phi) is 4.97. The van der Waals surface area contributed by atoms with Gasteiger partial charge in [-0.1, -0.05) is 0 Å². The maximum atomic E-state index is 12.2. The van der Waals surface area contributed by atoms with Crippen molar-refractivity contribution in [1.82, 2.24) is 10.2 Å². The molecule has 2 rings (SSSR count). The largest absolute Gasteiger partial charge is 0.378 e. The molecule has 0 aromatic carbocycles. The number of hydrogen-bond acceptors (Lipinski definition) is 4. The lowest BCUT2D eigenvalue weighted by atomic mass is 10.0. The molecule has 0 saturated carbocycles. The van der Waals surface area contributed by atoms with E-state index in [4.69, 9.17) is 9.47 Å². The molecule has 5 nitrogen and oxygen atoms in total. The molecule has 1 amide bonds. The number of morpholine rings is 1. The first-order chi connectivity index (χ1) is 8.66. The van der Waals surface area contributed by atoms with Crippen molar-refractivity contribution in [3.05, 3.63) is 0 Å². The van der Waals surface area contributed by atoms with E-state index in [1.165, 1.54) is 0 Å². The van der Waals surface area contributed by atoms with Crippen LogP contribution in [0.3, 0.4) is 0 Å². The summed E-state index contributed by atoms with van der Waals surface area (Å²) in [5.41, 5.74) is 0. The molecule has 0 aliphatic carbocycles. The Labute approximate surface area is 109 Å². The molecular formula is C13H24N2O3. The molecule has 0 spiro atoms. The molecule has 18 heavy (non-hydrogen) atoms. The highest BCUT2D eigenvalue weighted by molar-refractivity contribution is 5.80. The van der Waals surface area contributed by atoms with Crippen molar-refractivity contribution in [1.29, 1.82) is 0 Å². The number of piperidine rings is 1. The van der Waals surface area contributed by atoms with Gasteiger partial charge in [0.2, 0.25) is 0 Å². The van der Waals surface area contributed by atoms with Crippen LogP contribution in [-0.4, -0.2) is 61.9 Å². The van der Waals surface area contributed by atoms with Gasteiger partial charge in [-0.2, -0.15) is 0 Å². The topological polar surface area (TPSA) is 50.8 Å². The second-order valence-electron chi connectivity index (χ2n) is 5.22. The van der Waals surface area contributed by atoms with Gasteiger partial charge in [-0.15, -0.1) is 0 Å². The summed E-state index contributed by atoms with van der Waals surface area (Å²) in [7, 11) is 0. The standard InChI is InChI=1S/C13H24N2O3/c1-10-3-4-12(9-14-10)18-11(2)13(16)15-5-7-17-8-6-15/h10-12,14H,3-9H2,1-2H3. The van der Waals surface area contributed by atoms with Crippen molar-refractivity contribution in [2.75, 3.05) is 32.8 Å². The lowest BCUT2D eigenvalue weighted by molar-refractivity contribution is -0.150. The van der Waals surface area contributed by atoms with Crippen LogP contribution >= 0.6 is 0 Å². The van der Waals surface area contributed by atoms with Gasteiger partial charge in [-0.3, -0.25) is 4.79 Å². The maximum Gasteiger partial charge on any atom is 0.251 e. The summed E-state index contributed by atoms with van der Waals surface area (Å²) in [4.78, 5) is 14.0. The number of hydrogen-bond donors (Lipinski definition) is 1. The third-order valence-electron chi connectivity index (χ3n) is 3.68. The summed E-state index contributed by atoms with van der Waals surface area (Å²) in [5, 5.41) is 3.39. The minimum absolute atomic E-state index is 0.0944. The van der Waals surface area contributed by atoms with Crippen LogP contribution in [0.1, 0.15) is 26.7 Å². The first-order valence-corrected chi connectivity index (χ1v) is 6.92. The Morgan fingerprint density at radius 1 is 1.39 bits per heavy atom. The molecular weight excluding hydrogens is 232 g/mol. The predicted molar refractivity (Wildman–Crippen MR) is 68.4 cm³/mol. The normalized spacial score (nSPS) is 31.1. The summed E-state index contributed by atoms with van der Waals surface area (Å²) in [6.45, 7) is 7.54. The van der Waals surface area contributed by atoms with E-state index in [1.807, 2.05) is 11.8 Å². The van der Waals surface area contributed by atoms with Crippen LogP contribution in [0.5, 0.6) is 0 Å². The summed E-state index contributed by atoms with van der Waals surface area (Å²) in [6, 6.07) is 0.565. The first kappa shape index (κ1) is 13.8. The third-order valence-corrected chi connectivity index (χ3v) is 3.68. The van der Waals surface area contributed by atoms with Crippen LogP contribution in [0.25, 0.3) is 0 Å². The van der Waals surface area contributed by atoms with Crippen molar-refractivity contribution in [3.8, 4) is 0 Å². The highest BCUT2D eigenvalue weighted by atomic mass is 16.5. The molecule has 0 aromatic heterocycles. The molecule has 2 aliphatic rings. The number of ether oxygens (including phenoxy) is 2. The maximum absolute atomic E-state index is 12.2. The molecule has 1 N–H and O–H groups in total. The lowest BCUT2D eigenvalue weighted by Crippen LogP contribution is -2.48. The highest BCUT2D eigenvalue weighted by Crippen LogP contribution is 2.14. The highest BCUT2D eigenvalue weighted by Gasteiger charge is 2.27. The molecule has 0 radical (unpaired) electrons. The second-order valence-corrected chi connectivity index (χ2v) is 5.22. The molecule has 0 aromatic rings. The number of carbonyl (C=O) groups is 1. The first-order valence-electron chi connectivity index (χ1n) is 6.92. The minimum Gasteiger partial charge on any atom is -0.378 e. The molecule has 3 unspecified atom stereocenters. The van der Waals surface area contributed by atoms with Crippen LogP contribution in [0.2, 0.25) is 0 Å². The monoisotopic (exact) mass is 256 g/mol. The molecule has 2 saturated heterocycles. The van der Waals surface area contributed by atoms with E-state index >= 15 is 0 Å². The quantitative estimate of drug-likeness (QED) is 0.793. The van der Waals surface area contributed by atoms with Crippen molar-refractivity contribution < 1.29 is 14.3 Å². The molecule has 2 aliphatic heterocycles. The lowest BCUT2D eigenvalue weighted by Gasteiger charge is -2.33. The van der Waals surface area contributed by atoms with Crippen LogP contribution in [0.15, 0.2) is 0 Å². The zero-order valence-corrected chi connectivity index (χ0v) is 11.4. The minimum atomic E-state index is -0.344. The summed E-state index contributed by atoms with van der Waals surface area (Å²) in [6.07, 6.45) is 1.97. The third kappa shape index (κ3) is 3.67. The molecule has 5 heteroatoms. The molecule has 2 heterocycles. The van der Waals surface area contributed by atoms with Gasteiger partial charge in [-0.25, -0.2) is 0 Å². The van der Waals surface area contributed by atoms with Gasteiger partial charge >= 0.3 is 0 Å². The summed E-state index contributed by atoms with van der Waals surface area (Å²) < 4.78 is 11.1. The molecule has 0 bridgehead atoms. The Balaban J connectivity index is 1.76. The Morgan fingerprint density at radius 3 is 2.72 bits per heavy atom. The van der Waals surface area contributed by atoms with Crippen molar-refractivity contribution in [2.24, 2.45) is 0 Å². The number of amides is 1. The van der Waals surface area contributed by atoms with Crippen LogP contribution in [0, 0.1) is 0 Å². The fraction of sp³-hybridized carbons (Fsp3) is 0.923. The van der Waals surface area contributed by atoms with E-state index in [9.17, 15) is 4.79 Å². The number of nitrogens with one attached hydrogen (secondary N) is 1. The van der Waals surface area contributed by atoms with Gasteiger partial charge in [-0.05, 0) is 26.7 Å². The number of rotatable bonds is 3. The van der Waals surface area contributed by atoms with Crippen LogP contribution in [-0.2, 0) is 14.3 Å². The smallest absolute Gasteiger partial charge is 0.251 e. The van der Waals surface area contributed by atoms with Crippen molar-refractivity contribution >= 4 is 5.91 Å². The van der Waals surface area contributed by atoms with Crippen molar-refractivity contribution in [2.45, 2.75) is 44.9 Å². The average molecular weight is 256 g/mol. The van der Waals surface area contributed by atoms with E-state index in [2.05, 4.69) is 12.2 Å². The van der Waals surface area contributed by atoms with E-state index in [1.54, 1.807) is 0 Å². The van der Waals surface area contributed by atoms with E-state index < -0.39 is 0 Å². The molecule has 104 valence electrons. The van der Waals surface area contributed by atoms with Crippen LogP contribution < -0.4 is 5.32 Å². The second kappa shape index (κ2) is 6.50. The number of nitrogens with zero attached hydrogens (tertiary/aromatic N) is 1. The van der Waals surface area contributed by atoms with Gasteiger partial charge in [0.1, 0.15) is 6.10 Å². The van der Waals surface area contributed by atoms with Gasteiger partial charge < -0.3 is 19.7 Å².